The van der Waals surface area contributed by atoms with Gasteiger partial charge in [0.25, 0.3) is 0 Å². The van der Waals surface area contributed by atoms with Gasteiger partial charge in [-0.15, -0.1) is 0 Å². The highest BCUT2D eigenvalue weighted by molar-refractivity contribution is 5.83. The zero-order chi connectivity index (χ0) is 17.7. The van der Waals surface area contributed by atoms with Gasteiger partial charge in [0.1, 0.15) is 17.1 Å². The Kier molecular flexibility index (Phi) is 6.04. The van der Waals surface area contributed by atoms with E-state index in [1.807, 2.05) is 6.92 Å². The minimum atomic E-state index is -1.20. The van der Waals surface area contributed by atoms with Crippen molar-refractivity contribution in [3.63, 3.8) is 0 Å². The Morgan fingerprint density at radius 3 is 2.46 bits per heavy atom. The van der Waals surface area contributed by atoms with Crippen molar-refractivity contribution >= 4 is 11.8 Å². The van der Waals surface area contributed by atoms with E-state index in [2.05, 4.69) is 10.6 Å². The first-order valence-corrected chi connectivity index (χ1v) is 8.64. The molecule has 0 aliphatic heterocycles. The minimum absolute atomic E-state index is 0.0786. The summed E-state index contributed by atoms with van der Waals surface area (Å²) >= 11 is 0. The van der Waals surface area contributed by atoms with Crippen LogP contribution in [0.3, 0.4) is 0 Å². The number of carbonyl (C=O) groups excluding carboxylic acids is 2. The van der Waals surface area contributed by atoms with Crippen LogP contribution in [0.1, 0.15) is 62.5 Å². The number of amides is 2. The molecule has 0 aromatic carbocycles. The lowest BCUT2D eigenvalue weighted by molar-refractivity contribution is -0.127. The summed E-state index contributed by atoms with van der Waals surface area (Å²) in [4.78, 5) is 23.7. The number of rotatable bonds is 7. The number of hydrogen-bond donors (Lipinski definition) is 3. The smallest absolute Gasteiger partial charge is 0.220 e. The second kappa shape index (κ2) is 7.83. The molecule has 1 atom stereocenters. The van der Waals surface area contributed by atoms with Crippen molar-refractivity contribution in [1.29, 1.82) is 0 Å². The van der Waals surface area contributed by atoms with Crippen molar-refractivity contribution in [3.05, 3.63) is 23.2 Å². The molecular weight excluding hydrogens is 308 g/mol. The van der Waals surface area contributed by atoms with Crippen LogP contribution in [-0.2, 0) is 15.2 Å². The van der Waals surface area contributed by atoms with E-state index in [0.717, 1.165) is 31.4 Å². The quantitative estimate of drug-likeness (QED) is 0.711. The van der Waals surface area contributed by atoms with Gasteiger partial charge < -0.3 is 20.2 Å². The Bertz CT molecular complexity index is 586. The maximum atomic E-state index is 11.9. The average Bonchev–Trinajstić information content (AvgIpc) is 3.12. The lowest BCUT2D eigenvalue weighted by atomic mass is 9.96. The first kappa shape index (κ1) is 18.5. The molecular formula is C18H28N2O4. The number of hydrogen-bond acceptors (Lipinski definition) is 4. The zero-order valence-electron chi connectivity index (χ0n) is 14.8. The second-order valence-electron chi connectivity index (χ2n) is 6.93. The van der Waals surface area contributed by atoms with Gasteiger partial charge in [0.05, 0.1) is 6.54 Å². The predicted molar refractivity (Wildman–Crippen MR) is 90.4 cm³/mol. The van der Waals surface area contributed by atoms with Crippen molar-refractivity contribution in [2.45, 2.75) is 70.9 Å². The van der Waals surface area contributed by atoms with Gasteiger partial charge >= 0.3 is 0 Å². The van der Waals surface area contributed by atoms with Gasteiger partial charge in [-0.3, -0.25) is 9.59 Å². The summed E-state index contributed by atoms with van der Waals surface area (Å²) in [5.74, 6) is 1.04. The third-order valence-electron chi connectivity index (χ3n) is 4.55. The molecule has 1 aromatic heterocycles. The second-order valence-corrected chi connectivity index (χ2v) is 6.93. The molecule has 6 heteroatoms. The Morgan fingerprint density at radius 2 is 1.88 bits per heavy atom. The summed E-state index contributed by atoms with van der Waals surface area (Å²) < 4.78 is 5.42. The van der Waals surface area contributed by atoms with E-state index >= 15 is 0 Å². The standard InChI is InChI=1S/C18H28N2O4/c1-12-10-15(13(2)24-12)18(3,23)11-19-16(21)8-9-17(22)20-14-6-4-5-7-14/h10,14,23H,4-9,11H2,1-3H3,(H,19,21)(H,20,22). The summed E-state index contributed by atoms with van der Waals surface area (Å²) in [6.07, 6.45) is 4.68. The Morgan fingerprint density at radius 1 is 1.25 bits per heavy atom. The highest BCUT2D eigenvalue weighted by Crippen LogP contribution is 2.26. The van der Waals surface area contributed by atoms with Crippen molar-refractivity contribution in [3.8, 4) is 0 Å². The summed E-state index contributed by atoms with van der Waals surface area (Å²) in [6.45, 7) is 5.31. The highest BCUT2D eigenvalue weighted by Gasteiger charge is 2.28. The van der Waals surface area contributed by atoms with Crippen LogP contribution in [0.25, 0.3) is 0 Å². The summed E-state index contributed by atoms with van der Waals surface area (Å²) in [5, 5.41) is 16.2. The first-order chi connectivity index (χ1) is 11.3. The third kappa shape index (κ3) is 5.09. The van der Waals surface area contributed by atoms with Crippen molar-refractivity contribution < 1.29 is 19.1 Å². The van der Waals surface area contributed by atoms with Gasteiger partial charge in [0.2, 0.25) is 11.8 Å². The maximum absolute atomic E-state index is 11.9. The van der Waals surface area contributed by atoms with Gasteiger partial charge in [-0.1, -0.05) is 12.8 Å². The molecule has 0 spiro atoms. The summed E-state index contributed by atoms with van der Waals surface area (Å²) in [5.41, 5.74) is -0.539. The molecule has 2 amide bonds. The molecule has 0 radical (unpaired) electrons. The molecule has 1 aliphatic rings. The molecule has 134 valence electrons. The van der Waals surface area contributed by atoms with E-state index in [-0.39, 0.29) is 37.2 Å². The van der Waals surface area contributed by atoms with Crippen molar-refractivity contribution in [2.24, 2.45) is 0 Å². The molecule has 0 bridgehead atoms. The van der Waals surface area contributed by atoms with Gasteiger partial charge in [0.15, 0.2) is 0 Å². The maximum Gasteiger partial charge on any atom is 0.220 e. The van der Waals surface area contributed by atoms with Crippen molar-refractivity contribution in [2.75, 3.05) is 6.54 Å². The summed E-state index contributed by atoms with van der Waals surface area (Å²) in [6, 6.07) is 2.05. The highest BCUT2D eigenvalue weighted by atomic mass is 16.3. The Hall–Kier alpha value is -1.82. The SMILES string of the molecule is Cc1cc(C(C)(O)CNC(=O)CCC(=O)NC2CCCC2)c(C)o1. The van der Waals surface area contributed by atoms with Crippen LogP contribution in [0, 0.1) is 13.8 Å². The fourth-order valence-electron chi connectivity index (χ4n) is 3.22. The predicted octanol–water partition coefficient (Wildman–Crippen LogP) is 2.06. The molecule has 3 N–H and O–H groups in total. The Balaban J connectivity index is 1.73. The van der Waals surface area contributed by atoms with E-state index in [1.165, 1.54) is 0 Å². The van der Waals surface area contributed by atoms with Crippen LogP contribution in [0.5, 0.6) is 0 Å². The molecule has 24 heavy (non-hydrogen) atoms. The molecule has 2 rings (SSSR count). The number of nitrogens with one attached hydrogen (secondary N) is 2. The fourth-order valence-corrected chi connectivity index (χ4v) is 3.22. The van der Waals surface area contributed by atoms with E-state index < -0.39 is 5.60 Å². The normalized spacial score (nSPS) is 17.5. The van der Waals surface area contributed by atoms with Gasteiger partial charge in [-0.25, -0.2) is 0 Å². The van der Waals surface area contributed by atoms with E-state index in [0.29, 0.717) is 11.3 Å². The molecule has 1 aliphatic carbocycles. The molecule has 1 fully saturated rings. The lowest BCUT2D eigenvalue weighted by Crippen LogP contribution is -2.39. The third-order valence-corrected chi connectivity index (χ3v) is 4.55. The van der Waals surface area contributed by atoms with E-state index in [1.54, 1.807) is 19.9 Å². The van der Waals surface area contributed by atoms with E-state index in [4.69, 9.17) is 4.42 Å². The summed E-state index contributed by atoms with van der Waals surface area (Å²) in [7, 11) is 0. The largest absolute Gasteiger partial charge is 0.466 e. The van der Waals surface area contributed by atoms with Crippen LogP contribution < -0.4 is 10.6 Å². The lowest BCUT2D eigenvalue weighted by Gasteiger charge is -2.23. The number of aryl methyl sites for hydroxylation is 2. The topological polar surface area (TPSA) is 91.6 Å². The minimum Gasteiger partial charge on any atom is -0.466 e. The molecule has 6 nitrogen and oxygen atoms in total. The average molecular weight is 336 g/mol. The first-order valence-electron chi connectivity index (χ1n) is 8.64. The van der Waals surface area contributed by atoms with Crippen LogP contribution in [0.4, 0.5) is 0 Å². The fraction of sp³-hybridized carbons (Fsp3) is 0.667. The Labute approximate surface area is 143 Å². The van der Waals surface area contributed by atoms with Crippen LogP contribution in [0.2, 0.25) is 0 Å². The number of furan rings is 1. The van der Waals surface area contributed by atoms with Crippen molar-refractivity contribution in [1.82, 2.24) is 10.6 Å². The molecule has 1 heterocycles. The molecule has 1 saturated carbocycles. The van der Waals surface area contributed by atoms with E-state index in [9.17, 15) is 14.7 Å². The van der Waals surface area contributed by atoms with Crippen LogP contribution in [-0.4, -0.2) is 29.5 Å². The van der Waals surface area contributed by atoms with Crippen LogP contribution >= 0.6 is 0 Å². The molecule has 0 saturated heterocycles. The monoisotopic (exact) mass is 336 g/mol. The van der Waals surface area contributed by atoms with Gasteiger partial charge in [0, 0.05) is 24.4 Å². The zero-order valence-corrected chi connectivity index (χ0v) is 14.8. The van der Waals surface area contributed by atoms with Gasteiger partial charge in [-0.05, 0) is 39.7 Å². The number of carbonyl (C=O) groups is 2. The van der Waals surface area contributed by atoms with Gasteiger partial charge in [-0.2, -0.15) is 0 Å². The number of aliphatic hydroxyl groups is 1. The molecule has 1 aromatic rings. The molecule has 1 unspecified atom stereocenters. The van der Waals surface area contributed by atoms with Crippen LogP contribution in [0.15, 0.2) is 10.5 Å².